The van der Waals surface area contributed by atoms with Crippen LogP contribution in [0.25, 0.3) is 16.9 Å². The molecule has 6 rings (SSSR count). The predicted octanol–water partition coefficient (Wildman–Crippen LogP) is 6.69. The van der Waals surface area contributed by atoms with Crippen molar-refractivity contribution in [3.05, 3.63) is 127 Å². The van der Waals surface area contributed by atoms with Gasteiger partial charge in [0.15, 0.2) is 0 Å². The highest BCUT2D eigenvalue weighted by molar-refractivity contribution is 5.86. The predicted molar refractivity (Wildman–Crippen MR) is 147 cm³/mol. The van der Waals surface area contributed by atoms with Gasteiger partial charge in [0.2, 0.25) is 0 Å². The number of aromatic nitrogens is 2. The molecule has 6 nitrogen and oxygen atoms in total. The van der Waals surface area contributed by atoms with Crippen LogP contribution in [-0.4, -0.2) is 22.8 Å². The molecule has 1 unspecified atom stereocenters. The SMILES string of the molecule is COc1ccccc1N1C=NC=CC1c1c(-c2ccc(OCc3ccccc3)cc2)nc2ccccn12. The van der Waals surface area contributed by atoms with Gasteiger partial charge in [-0.25, -0.2) is 9.98 Å². The first-order valence-electron chi connectivity index (χ1n) is 12.2. The molecule has 0 bridgehead atoms. The molecular formula is C31H26N4O2. The maximum atomic E-state index is 6.01. The number of anilines is 1. The molecule has 5 aromatic rings. The van der Waals surface area contributed by atoms with Crippen LogP contribution in [0, 0.1) is 0 Å². The van der Waals surface area contributed by atoms with Crippen LogP contribution in [0.4, 0.5) is 5.69 Å². The van der Waals surface area contributed by atoms with E-state index in [0.717, 1.165) is 45.3 Å². The summed E-state index contributed by atoms with van der Waals surface area (Å²) in [6.45, 7) is 0.528. The lowest BCUT2D eigenvalue weighted by atomic mass is 10.0. The molecule has 0 N–H and O–H groups in total. The third kappa shape index (κ3) is 4.45. The number of para-hydroxylation sites is 2. The molecule has 0 spiro atoms. The Balaban J connectivity index is 1.39. The van der Waals surface area contributed by atoms with Gasteiger partial charge in [0.05, 0.1) is 36.6 Å². The van der Waals surface area contributed by atoms with Crippen LogP contribution in [0.3, 0.4) is 0 Å². The monoisotopic (exact) mass is 486 g/mol. The van der Waals surface area contributed by atoms with Crippen molar-refractivity contribution in [2.24, 2.45) is 4.99 Å². The highest BCUT2D eigenvalue weighted by atomic mass is 16.5. The summed E-state index contributed by atoms with van der Waals surface area (Å²) in [4.78, 5) is 11.6. The van der Waals surface area contributed by atoms with Gasteiger partial charge in [-0.15, -0.1) is 0 Å². The number of methoxy groups -OCH3 is 1. The third-order valence-electron chi connectivity index (χ3n) is 6.43. The Morgan fingerprint density at radius 2 is 1.62 bits per heavy atom. The third-order valence-corrected chi connectivity index (χ3v) is 6.43. The van der Waals surface area contributed by atoms with Gasteiger partial charge >= 0.3 is 0 Å². The summed E-state index contributed by atoms with van der Waals surface area (Å²) in [6, 6.07) is 32.2. The largest absolute Gasteiger partial charge is 0.495 e. The standard InChI is InChI=1S/C31H26N4O2/c1-36-28-12-6-5-11-26(28)35-22-32-19-18-27(35)31-30(33-29-13-7-8-20-34(29)31)24-14-16-25(17-15-24)37-21-23-9-3-2-4-10-23/h2-20,22,27H,21H2,1H3. The topological polar surface area (TPSA) is 51.4 Å². The molecule has 1 aliphatic heterocycles. The van der Waals surface area contributed by atoms with Gasteiger partial charge in [-0.3, -0.25) is 0 Å². The summed E-state index contributed by atoms with van der Waals surface area (Å²) < 4.78 is 13.8. The first-order valence-corrected chi connectivity index (χ1v) is 12.2. The Kier molecular flexibility index (Phi) is 6.13. The highest BCUT2D eigenvalue weighted by Gasteiger charge is 2.28. The maximum Gasteiger partial charge on any atom is 0.142 e. The molecular weight excluding hydrogens is 460 g/mol. The van der Waals surface area contributed by atoms with Crippen molar-refractivity contribution in [3.63, 3.8) is 0 Å². The van der Waals surface area contributed by atoms with E-state index in [-0.39, 0.29) is 6.04 Å². The molecule has 0 saturated heterocycles. The molecule has 3 aromatic carbocycles. The molecule has 2 aromatic heterocycles. The van der Waals surface area contributed by atoms with Gasteiger partial charge < -0.3 is 18.8 Å². The van der Waals surface area contributed by atoms with Crippen LogP contribution in [0.5, 0.6) is 11.5 Å². The molecule has 0 radical (unpaired) electrons. The molecule has 6 heteroatoms. The zero-order valence-corrected chi connectivity index (χ0v) is 20.4. The minimum absolute atomic E-state index is 0.143. The number of benzene rings is 3. The normalized spacial score (nSPS) is 14.7. The average Bonchev–Trinajstić information content (AvgIpc) is 3.36. The fraction of sp³-hybridized carbons (Fsp3) is 0.0968. The van der Waals surface area contributed by atoms with Gasteiger partial charge in [0, 0.05) is 18.0 Å². The second-order valence-corrected chi connectivity index (χ2v) is 8.70. The quantitative estimate of drug-likeness (QED) is 0.257. The smallest absolute Gasteiger partial charge is 0.142 e. The minimum Gasteiger partial charge on any atom is -0.495 e. The molecule has 1 atom stereocenters. The van der Waals surface area contributed by atoms with E-state index in [1.54, 1.807) is 7.11 Å². The molecule has 3 heterocycles. The first-order chi connectivity index (χ1) is 18.3. The van der Waals surface area contributed by atoms with E-state index >= 15 is 0 Å². The molecule has 1 aliphatic rings. The Morgan fingerprint density at radius 1 is 0.838 bits per heavy atom. The number of rotatable bonds is 7. The Bertz CT molecular complexity index is 1570. The summed E-state index contributed by atoms with van der Waals surface area (Å²) in [5.41, 5.74) is 5.92. The van der Waals surface area contributed by atoms with E-state index in [2.05, 4.69) is 50.8 Å². The lowest BCUT2D eigenvalue weighted by molar-refractivity contribution is 0.306. The molecule has 0 aliphatic carbocycles. The van der Waals surface area contributed by atoms with Crippen LogP contribution >= 0.6 is 0 Å². The van der Waals surface area contributed by atoms with Crippen molar-refractivity contribution >= 4 is 17.7 Å². The Labute approximate surface area is 215 Å². The van der Waals surface area contributed by atoms with E-state index in [4.69, 9.17) is 14.5 Å². The van der Waals surface area contributed by atoms with Crippen molar-refractivity contribution in [3.8, 4) is 22.8 Å². The second-order valence-electron chi connectivity index (χ2n) is 8.70. The van der Waals surface area contributed by atoms with Crippen molar-refractivity contribution in [2.75, 3.05) is 12.0 Å². The van der Waals surface area contributed by atoms with Crippen molar-refractivity contribution < 1.29 is 9.47 Å². The van der Waals surface area contributed by atoms with Gasteiger partial charge in [0.25, 0.3) is 0 Å². The van der Waals surface area contributed by atoms with E-state index in [1.165, 1.54) is 0 Å². The van der Waals surface area contributed by atoms with Crippen LogP contribution in [-0.2, 0) is 6.61 Å². The number of fused-ring (bicyclic) bond motifs is 1. The lowest BCUT2D eigenvalue weighted by Gasteiger charge is -2.31. The first kappa shape index (κ1) is 22.6. The number of ether oxygens (including phenoxy) is 2. The minimum atomic E-state index is -0.143. The number of hydrogen-bond acceptors (Lipinski definition) is 5. The zero-order chi connectivity index (χ0) is 25.0. The zero-order valence-electron chi connectivity index (χ0n) is 20.4. The fourth-order valence-electron chi connectivity index (χ4n) is 4.64. The maximum absolute atomic E-state index is 6.01. The second kappa shape index (κ2) is 10.0. The van der Waals surface area contributed by atoms with Gasteiger partial charge in [-0.05, 0) is 60.2 Å². The number of imidazole rings is 1. The fourth-order valence-corrected chi connectivity index (χ4v) is 4.64. The van der Waals surface area contributed by atoms with Crippen molar-refractivity contribution in [2.45, 2.75) is 12.6 Å². The van der Waals surface area contributed by atoms with Crippen LogP contribution in [0.15, 0.2) is 121 Å². The van der Waals surface area contributed by atoms with E-state index in [1.807, 2.05) is 85.3 Å². The summed E-state index contributed by atoms with van der Waals surface area (Å²) >= 11 is 0. The van der Waals surface area contributed by atoms with Crippen LogP contribution < -0.4 is 14.4 Å². The Hall–Kier alpha value is -4.84. The van der Waals surface area contributed by atoms with Gasteiger partial charge in [0.1, 0.15) is 23.8 Å². The molecule has 182 valence electrons. The summed E-state index contributed by atoms with van der Waals surface area (Å²) in [7, 11) is 1.69. The van der Waals surface area contributed by atoms with Crippen molar-refractivity contribution in [1.82, 2.24) is 9.38 Å². The molecule has 0 saturated carbocycles. The van der Waals surface area contributed by atoms with Crippen LogP contribution in [0.1, 0.15) is 17.3 Å². The number of hydrogen-bond donors (Lipinski definition) is 0. The highest BCUT2D eigenvalue weighted by Crippen LogP contribution is 2.39. The number of pyridine rings is 1. The van der Waals surface area contributed by atoms with E-state index < -0.39 is 0 Å². The Morgan fingerprint density at radius 3 is 2.46 bits per heavy atom. The number of nitrogens with zero attached hydrogens (tertiary/aromatic N) is 4. The van der Waals surface area contributed by atoms with E-state index in [0.29, 0.717) is 6.61 Å². The summed E-state index contributed by atoms with van der Waals surface area (Å²) in [6.07, 6.45) is 7.82. The number of aliphatic imine (C=N–C) groups is 1. The summed E-state index contributed by atoms with van der Waals surface area (Å²) in [5.74, 6) is 1.60. The summed E-state index contributed by atoms with van der Waals surface area (Å²) in [5, 5.41) is 0. The lowest BCUT2D eigenvalue weighted by Crippen LogP contribution is -2.29. The molecule has 0 fully saturated rings. The van der Waals surface area contributed by atoms with Crippen LogP contribution in [0.2, 0.25) is 0 Å². The van der Waals surface area contributed by atoms with Gasteiger partial charge in [-0.1, -0.05) is 48.5 Å². The van der Waals surface area contributed by atoms with E-state index in [9.17, 15) is 0 Å². The van der Waals surface area contributed by atoms with Crippen molar-refractivity contribution in [1.29, 1.82) is 0 Å². The molecule has 37 heavy (non-hydrogen) atoms. The molecule has 0 amide bonds. The van der Waals surface area contributed by atoms with Gasteiger partial charge in [-0.2, -0.15) is 0 Å². The average molecular weight is 487 g/mol.